The zero-order chi connectivity index (χ0) is 23.5. The number of likely N-dealkylation sites (tertiary alicyclic amines) is 2. The van der Waals surface area contributed by atoms with Crippen LogP contribution in [0, 0.1) is 5.41 Å². The van der Waals surface area contributed by atoms with Crippen LogP contribution >= 0.6 is 23.1 Å². The van der Waals surface area contributed by atoms with Crippen LogP contribution < -0.4 is 10.6 Å². The molecule has 4 amide bonds. The number of amides is 4. The lowest BCUT2D eigenvalue weighted by molar-refractivity contribution is -0.132. The summed E-state index contributed by atoms with van der Waals surface area (Å²) in [5, 5.41) is 10.5. The van der Waals surface area contributed by atoms with Crippen LogP contribution in [0.3, 0.4) is 0 Å². The Morgan fingerprint density at radius 2 is 1.91 bits per heavy atom. The number of unbranched alkanes of at least 4 members (excludes halogenated alkanes) is 1. The molecule has 0 aliphatic carbocycles. The zero-order valence-electron chi connectivity index (χ0n) is 19.5. The molecule has 184 valence electrons. The molecule has 4 aliphatic heterocycles. The molecular weight excluding hydrogens is 468 g/mol. The predicted molar refractivity (Wildman–Crippen MR) is 137 cm³/mol. The van der Waals surface area contributed by atoms with Crippen molar-refractivity contribution in [3.63, 3.8) is 0 Å². The second kappa shape index (κ2) is 10.3. The standard InChI is InChI=1S/C25H34N4O3S2/c30-21(4-2-1-3-20-23-19(16-34-20)26-24(32)27-23)29-13-10-25(17-29)8-11-28(12-9-25)22(31)6-5-18-7-14-33-15-18/h5-7,14-15,19-20,23H,1-4,8-13,16-17H2,(H2,26,27,32). The first-order valence-corrected chi connectivity index (χ1v) is 14.5. The molecule has 1 aromatic heterocycles. The quantitative estimate of drug-likeness (QED) is 0.340. The minimum absolute atomic E-state index is 0.0385. The summed E-state index contributed by atoms with van der Waals surface area (Å²) in [6, 6.07) is 2.49. The van der Waals surface area contributed by atoms with Crippen LogP contribution in [0.5, 0.6) is 0 Å². The summed E-state index contributed by atoms with van der Waals surface area (Å²) in [4.78, 5) is 40.9. The monoisotopic (exact) mass is 502 g/mol. The first kappa shape index (κ1) is 23.7. The number of thioether (sulfide) groups is 1. The topological polar surface area (TPSA) is 81.8 Å². The maximum absolute atomic E-state index is 12.8. The van der Waals surface area contributed by atoms with Gasteiger partial charge < -0.3 is 20.4 Å². The molecule has 0 aromatic carbocycles. The number of nitrogens with one attached hydrogen (secondary N) is 2. The Balaban J connectivity index is 1.01. The summed E-state index contributed by atoms with van der Waals surface area (Å²) in [7, 11) is 0. The van der Waals surface area contributed by atoms with Gasteiger partial charge in [0.2, 0.25) is 11.8 Å². The molecule has 4 saturated heterocycles. The maximum Gasteiger partial charge on any atom is 0.315 e. The number of hydrogen-bond donors (Lipinski definition) is 2. The second-order valence-electron chi connectivity index (χ2n) is 10.1. The number of urea groups is 1. The highest BCUT2D eigenvalue weighted by Gasteiger charge is 2.43. The van der Waals surface area contributed by atoms with Gasteiger partial charge in [0.25, 0.3) is 0 Å². The molecule has 7 nitrogen and oxygen atoms in total. The van der Waals surface area contributed by atoms with Gasteiger partial charge in [-0.15, -0.1) is 0 Å². The van der Waals surface area contributed by atoms with E-state index in [0.717, 1.165) is 76.0 Å². The molecule has 1 spiro atoms. The van der Waals surface area contributed by atoms with Crippen LogP contribution in [-0.2, 0) is 9.59 Å². The van der Waals surface area contributed by atoms with Gasteiger partial charge in [-0.2, -0.15) is 23.1 Å². The van der Waals surface area contributed by atoms with E-state index in [-0.39, 0.29) is 35.3 Å². The summed E-state index contributed by atoms with van der Waals surface area (Å²) in [5.41, 5.74) is 1.26. The molecular formula is C25H34N4O3S2. The number of carbonyl (C=O) groups excluding carboxylic acids is 3. The Labute approximate surface area is 209 Å². The van der Waals surface area contributed by atoms with Crippen molar-refractivity contribution in [1.29, 1.82) is 0 Å². The first-order chi connectivity index (χ1) is 16.5. The summed E-state index contributed by atoms with van der Waals surface area (Å²) in [6.07, 6.45) is 10.2. The lowest BCUT2D eigenvalue weighted by atomic mass is 9.78. The van der Waals surface area contributed by atoms with Crippen molar-refractivity contribution in [2.75, 3.05) is 31.9 Å². The normalized spacial score (nSPS) is 27.9. The highest BCUT2D eigenvalue weighted by molar-refractivity contribution is 8.00. The molecule has 0 saturated carbocycles. The fraction of sp³-hybridized carbons (Fsp3) is 0.640. The van der Waals surface area contributed by atoms with E-state index in [0.29, 0.717) is 11.7 Å². The maximum atomic E-state index is 12.8. The Morgan fingerprint density at radius 3 is 2.68 bits per heavy atom. The Hall–Kier alpha value is -2.00. The first-order valence-electron chi connectivity index (χ1n) is 12.5. The highest BCUT2D eigenvalue weighted by atomic mass is 32.2. The predicted octanol–water partition coefficient (Wildman–Crippen LogP) is 3.33. The van der Waals surface area contributed by atoms with Gasteiger partial charge in [-0.25, -0.2) is 4.79 Å². The fourth-order valence-corrected chi connectivity index (χ4v) is 8.00. The van der Waals surface area contributed by atoms with E-state index in [2.05, 4.69) is 15.5 Å². The van der Waals surface area contributed by atoms with Crippen LogP contribution in [0.25, 0.3) is 6.08 Å². The van der Waals surface area contributed by atoms with E-state index in [1.165, 1.54) is 0 Å². The number of nitrogens with zero attached hydrogens (tertiary/aromatic N) is 2. The molecule has 5 rings (SSSR count). The van der Waals surface area contributed by atoms with E-state index in [4.69, 9.17) is 0 Å². The van der Waals surface area contributed by atoms with Gasteiger partial charge in [0.15, 0.2) is 0 Å². The number of carbonyl (C=O) groups is 3. The Kier molecular flexibility index (Phi) is 7.20. The lowest BCUT2D eigenvalue weighted by Gasteiger charge is -2.39. The van der Waals surface area contributed by atoms with E-state index in [9.17, 15) is 14.4 Å². The van der Waals surface area contributed by atoms with Crippen molar-refractivity contribution in [2.45, 2.75) is 62.3 Å². The van der Waals surface area contributed by atoms with Gasteiger partial charge in [0.1, 0.15) is 0 Å². The smallest absolute Gasteiger partial charge is 0.315 e. The van der Waals surface area contributed by atoms with Crippen molar-refractivity contribution in [3.05, 3.63) is 28.5 Å². The van der Waals surface area contributed by atoms with Crippen molar-refractivity contribution < 1.29 is 14.4 Å². The van der Waals surface area contributed by atoms with Gasteiger partial charge in [0, 0.05) is 49.7 Å². The van der Waals surface area contributed by atoms with Crippen LogP contribution in [0.2, 0.25) is 0 Å². The molecule has 34 heavy (non-hydrogen) atoms. The summed E-state index contributed by atoms with van der Waals surface area (Å²) in [6.45, 7) is 3.26. The molecule has 5 heterocycles. The van der Waals surface area contributed by atoms with Crippen LogP contribution in [0.15, 0.2) is 22.9 Å². The summed E-state index contributed by atoms with van der Waals surface area (Å²) >= 11 is 3.57. The van der Waals surface area contributed by atoms with E-state index in [1.807, 2.05) is 39.6 Å². The molecule has 3 atom stereocenters. The molecule has 4 fully saturated rings. The number of fused-ring (bicyclic) bond motifs is 1. The lowest BCUT2D eigenvalue weighted by Crippen LogP contribution is -2.44. The minimum Gasteiger partial charge on any atom is -0.342 e. The minimum atomic E-state index is -0.0385. The average molecular weight is 503 g/mol. The third-order valence-corrected chi connectivity index (χ3v) is 10.2. The van der Waals surface area contributed by atoms with Gasteiger partial charge in [0.05, 0.1) is 12.1 Å². The van der Waals surface area contributed by atoms with Crippen LogP contribution in [0.1, 0.15) is 50.5 Å². The largest absolute Gasteiger partial charge is 0.342 e. The molecule has 3 unspecified atom stereocenters. The number of thiophene rings is 1. The third-order valence-electron chi connectivity index (χ3n) is 7.96. The zero-order valence-corrected chi connectivity index (χ0v) is 21.2. The molecule has 0 bridgehead atoms. The Bertz CT molecular complexity index is 927. The van der Waals surface area contributed by atoms with Gasteiger partial charge >= 0.3 is 6.03 Å². The van der Waals surface area contributed by atoms with Crippen molar-refractivity contribution in [1.82, 2.24) is 20.4 Å². The molecule has 9 heteroatoms. The van der Waals surface area contributed by atoms with Crippen molar-refractivity contribution in [3.8, 4) is 0 Å². The van der Waals surface area contributed by atoms with Gasteiger partial charge in [-0.1, -0.05) is 6.42 Å². The molecule has 1 aromatic rings. The van der Waals surface area contributed by atoms with Crippen LogP contribution in [0.4, 0.5) is 4.79 Å². The number of hydrogen-bond acceptors (Lipinski definition) is 5. The second-order valence-corrected chi connectivity index (χ2v) is 12.2. The average Bonchev–Trinajstić information content (AvgIpc) is 3.62. The highest BCUT2D eigenvalue weighted by Crippen LogP contribution is 2.41. The SMILES string of the molecule is O=C1NC2CSC(CCCCC(=O)N3CCC4(CCN(C(=O)C=Cc5ccsc5)CC4)C3)C2N1. The van der Waals surface area contributed by atoms with Gasteiger partial charge in [-0.05, 0) is 66.0 Å². The molecule has 2 N–H and O–H groups in total. The molecule has 4 aliphatic rings. The van der Waals surface area contributed by atoms with E-state index in [1.54, 1.807) is 17.4 Å². The van der Waals surface area contributed by atoms with E-state index >= 15 is 0 Å². The third kappa shape index (κ3) is 5.30. The fourth-order valence-electron chi connectivity index (χ4n) is 5.82. The number of rotatable bonds is 7. The van der Waals surface area contributed by atoms with Crippen molar-refractivity contribution >= 4 is 47.0 Å². The summed E-state index contributed by atoms with van der Waals surface area (Å²) in [5.74, 6) is 1.35. The number of piperidine rings is 1. The van der Waals surface area contributed by atoms with Crippen LogP contribution in [-0.4, -0.2) is 76.9 Å². The Morgan fingerprint density at radius 1 is 1.12 bits per heavy atom. The van der Waals surface area contributed by atoms with Gasteiger partial charge in [-0.3, -0.25) is 9.59 Å². The summed E-state index contributed by atoms with van der Waals surface area (Å²) < 4.78 is 0. The van der Waals surface area contributed by atoms with Crippen molar-refractivity contribution in [2.24, 2.45) is 5.41 Å². The molecule has 0 radical (unpaired) electrons. The van der Waals surface area contributed by atoms with E-state index < -0.39 is 0 Å².